The molecular formula is C16H18BClNO. The molecule has 0 aromatic heterocycles. The molecule has 2 rings (SSSR count). The molecule has 0 aliphatic heterocycles. The van der Waals surface area contributed by atoms with Crippen LogP contribution in [0.25, 0.3) is 0 Å². The Balaban J connectivity index is 1.70. The van der Waals surface area contributed by atoms with Gasteiger partial charge in [-0.2, -0.15) is 0 Å². The van der Waals surface area contributed by atoms with E-state index in [1.807, 2.05) is 37.3 Å². The van der Waals surface area contributed by atoms with E-state index in [9.17, 15) is 0 Å². The van der Waals surface area contributed by atoms with Crippen LogP contribution >= 0.6 is 11.6 Å². The van der Waals surface area contributed by atoms with Gasteiger partial charge in [-0.25, -0.2) is 0 Å². The molecule has 0 saturated heterocycles. The number of benzene rings is 2. The maximum atomic E-state index is 5.99. The van der Waals surface area contributed by atoms with Crippen molar-refractivity contribution in [1.29, 1.82) is 0 Å². The number of hydrogen-bond acceptors (Lipinski definition) is 2. The lowest BCUT2D eigenvalue weighted by Crippen LogP contribution is -2.20. The molecule has 2 nitrogen and oxygen atoms in total. The summed E-state index contributed by atoms with van der Waals surface area (Å²) in [6.07, 6.45) is 0. The zero-order valence-electron chi connectivity index (χ0n) is 11.8. The van der Waals surface area contributed by atoms with Gasteiger partial charge in [0.1, 0.15) is 0 Å². The van der Waals surface area contributed by atoms with Crippen LogP contribution in [0.4, 0.5) is 5.69 Å². The number of hydrogen-bond donors (Lipinski definition) is 1. The largest absolute Gasteiger partial charge is 0.432 e. The monoisotopic (exact) mass is 286 g/mol. The Morgan fingerprint density at radius 1 is 1.15 bits per heavy atom. The van der Waals surface area contributed by atoms with Crippen LogP contribution < -0.4 is 10.8 Å². The first-order chi connectivity index (χ1) is 9.65. The highest BCUT2D eigenvalue weighted by molar-refractivity contribution is 6.46. The van der Waals surface area contributed by atoms with Crippen LogP contribution in [0.1, 0.15) is 11.1 Å². The summed E-state index contributed by atoms with van der Waals surface area (Å²) in [4.78, 5) is 0. The van der Waals surface area contributed by atoms with Crippen molar-refractivity contribution in [1.82, 2.24) is 0 Å². The molecule has 4 heteroatoms. The molecule has 0 unspecified atom stereocenters. The lowest BCUT2D eigenvalue weighted by molar-refractivity contribution is 0.359. The highest BCUT2D eigenvalue weighted by Crippen LogP contribution is 2.18. The highest BCUT2D eigenvalue weighted by atomic mass is 35.5. The number of halogens is 1. The van der Waals surface area contributed by atoms with Crippen LogP contribution in [0, 0.1) is 13.8 Å². The number of anilines is 1. The Labute approximate surface area is 126 Å². The van der Waals surface area contributed by atoms with Crippen molar-refractivity contribution >= 4 is 30.2 Å². The van der Waals surface area contributed by atoms with Gasteiger partial charge >= 0.3 is 7.48 Å². The van der Waals surface area contributed by atoms with Gasteiger partial charge in [0.2, 0.25) is 0 Å². The van der Waals surface area contributed by atoms with E-state index in [1.54, 1.807) is 7.48 Å². The second kappa shape index (κ2) is 7.37. The van der Waals surface area contributed by atoms with Crippen LogP contribution in [0.15, 0.2) is 42.5 Å². The number of nitrogens with one attached hydrogen (secondary N) is 1. The molecule has 2 aromatic carbocycles. The van der Waals surface area contributed by atoms with Crippen LogP contribution in [0.5, 0.6) is 0 Å². The average Bonchev–Trinajstić information content (AvgIpc) is 2.42. The van der Waals surface area contributed by atoms with Crippen LogP contribution in [0.3, 0.4) is 0 Å². The third-order valence-corrected chi connectivity index (χ3v) is 3.39. The van der Waals surface area contributed by atoms with Gasteiger partial charge in [-0.15, -0.1) is 0 Å². The van der Waals surface area contributed by atoms with E-state index in [1.165, 1.54) is 5.56 Å². The first kappa shape index (κ1) is 15.0. The average molecular weight is 287 g/mol. The summed E-state index contributed by atoms with van der Waals surface area (Å²) in [7, 11) is 1.79. The van der Waals surface area contributed by atoms with E-state index in [0.29, 0.717) is 6.61 Å². The minimum absolute atomic E-state index is 0.621. The van der Waals surface area contributed by atoms with E-state index in [0.717, 1.165) is 28.3 Å². The van der Waals surface area contributed by atoms with E-state index < -0.39 is 0 Å². The summed E-state index contributed by atoms with van der Waals surface area (Å²) in [6.45, 7) is 5.44. The molecule has 1 N–H and O–H groups in total. The van der Waals surface area contributed by atoms with Crippen molar-refractivity contribution in [2.24, 2.45) is 0 Å². The van der Waals surface area contributed by atoms with Crippen LogP contribution in [0.2, 0.25) is 5.02 Å². The summed E-state index contributed by atoms with van der Waals surface area (Å²) in [5, 5.41) is 4.10. The summed E-state index contributed by atoms with van der Waals surface area (Å²) >= 11 is 5.99. The zero-order chi connectivity index (χ0) is 14.4. The van der Waals surface area contributed by atoms with Gasteiger partial charge in [-0.3, -0.25) is 0 Å². The van der Waals surface area contributed by atoms with Gasteiger partial charge in [0.25, 0.3) is 0 Å². The molecule has 0 spiro atoms. The Morgan fingerprint density at radius 2 is 2.00 bits per heavy atom. The summed E-state index contributed by atoms with van der Waals surface area (Å²) in [5.74, 6) is 0. The molecular weight excluding hydrogens is 268 g/mol. The smallest absolute Gasteiger partial charge is 0.330 e. The fourth-order valence-corrected chi connectivity index (χ4v) is 2.03. The molecule has 0 saturated carbocycles. The van der Waals surface area contributed by atoms with Gasteiger partial charge in [0.05, 0.1) is 0 Å². The molecule has 0 bridgehead atoms. The van der Waals surface area contributed by atoms with E-state index in [2.05, 4.69) is 24.4 Å². The van der Waals surface area contributed by atoms with Crippen molar-refractivity contribution in [3.63, 3.8) is 0 Å². The van der Waals surface area contributed by atoms with Crippen LogP contribution in [-0.2, 0) is 4.65 Å². The third-order valence-electron chi connectivity index (χ3n) is 2.97. The third kappa shape index (κ3) is 4.59. The maximum Gasteiger partial charge on any atom is 0.330 e. The normalized spacial score (nSPS) is 10.3. The fraction of sp³-hybridized carbons (Fsp3) is 0.250. The Kier molecular flexibility index (Phi) is 5.51. The zero-order valence-corrected chi connectivity index (χ0v) is 12.6. The van der Waals surface area contributed by atoms with Crippen molar-refractivity contribution < 1.29 is 4.65 Å². The van der Waals surface area contributed by atoms with Gasteiger partial charge in [0.15, 0.2) is 0 Å². The molecule has 0 fully saturated rings. The Bertz CT molecular complexity index is 574. The quantitative estimate of drug-likeness (QED) is 0.650. The summed E-state index contributed by atoms with van der Waals surface area (Å²) in [5.41, 5.74) is 4.46. The molecule has 103 valence electrons. The molecule has 20 heavy (non-hydrogen) atoms. The molecule has 0 aliphatic carbocycles. The van der Waals surface area contributed by atoms with Crippen molar-refractivity contribution in [3.8, 4) is 0 Å². The standard InChI is InChI=1S/C16H18BClNO/c1-12-4-3-5-14(10-12)17-20-9-8-19-15-6-7-16(18)13(2)11-15/h3-7,10-11,19H,8-9H2,1-2H3. The molecule has 0 atom stereocenters. The molecule has 0 heterocycles. The first-order valence-corrected chi connectivity index (χ1v) is 7.04. The molecule has 0 amide bonds. The van der Waals surface area contributed by atoms with Gasteiger partial charge in [-0.05, 0) is 37.6 Å². The van der Waals surface area contributed by atoms with Crippen molar-refractivity contribution in [2.75, 3.05) is 18.5 Å². The minimum Gasteiger partial charge on any atom is -0.432 e. The number of aryl methyl sites for hydroxylation is 2. The second-order valence-electron chi connectivity index (χ2n) is 4.79. The van der Waals surface area contributed by atoms with E-state index in [4.69, 9.17) is 16.3 Å². The lowest BCUT2D eigenvalue weighted by Gasteiger charge is -2.08. The topological polar surface area (TPSA) is 21.3 Å². The van der Waals surface area contributed by atoms with Gasteiger partial charge < -0.3 is 9.97 Å². The Hall–Kier alpha value is -1.45. The minimum atomic E-state index is 0.621. The maximum absolute atomic E-state index is 5.99. The predicted octanol–water partition coefficient (Wildman–Crippen LogP) is 3.33. The van der Waals surface area contributed by atoms with Gasteiger partial charge in [-0.1, -0.05) is 46.9 Å². The Morgan fingerprint density at radius 3 is 2.75 bits per heavy atom. The predicted molar refractivity (Wildman–Crippen MR) is 87.2 cm³/mol. The van der Waals surface area contributed by atoms with Crippen molar-refractivity contribution in [2.45, 2.75) is 13.8 Å². The molecule has 1 radical (unpaired) electrons. The SMILES string of the molecule is Cc1cccc([B]OCCNc2ccc(Cl)c(C)c2)c1. The fourth-order valence-electron chi connectivity index (χ4n) is 1.91. The number of rotatable bonds is 6. The molecule has 2 aromatic rings. The van der Waals surface area contributed by atoms with Crippen LogP contribution in [-0.4, -0.2) is 20.6 Å². The van der Waals surface area contributed by atoms with E-state index >= 15 is 0 Å². The summed E-state index contributed by atoms with van der Waals surface area (Å²) < 4.78 is 5.54. The first-order valence-electron chi connectivity index (χ1n) is 6.66. The lowest BCUT2D eigenvalue weighted by atomic mass is 9.87. The van der Waals surface area contributed by atoms with Gasteiger partial charge in [0, 0.05) is 23.9 Å². The van der Waals surface area contributed by atoms with Crippen molar-refractivity contribution in [3.05, 3.63) is 58.6 Å². The second-order valence-corrected chi connectivity index (χ2v) is 5.20. The summed E-state index contributed by atoms with van der Waals surface area (Å²) in [6, 6.07) is 14.1. The molecule has 0 aliphatic rings. The van der Waals surface area contributed by atoms with E-state index in [-0.39, 0.29) is 0 Å². The highest BCUT2D eigenvalue weighted by Gasteiger charge is 1.99.